The SMILES string of the molecule is CCOC(=O)Cc1cc(OC(F)F)c(Br)cc1N. The molecule has 0 saturated heterocycles. The van der Waals surface area contributed by atoms with Gasteiger partial charge in [-0.25, -0.2) is 0 Å². The van der Waals surface area contributed by atoms with Crippen LogP contribution in [0.25, 0.3) is 0 Å². The topological polar surface area (TPSA) is 61.5 Å². The van der Waals surface area contributed by atoms with Gasteiger partial charge in [0, 0.05) is 5.69 Å². The largest absolute Gasteiger partial charge is 0.466 e. The van der Waals surface area contributed by atoms with Crippen molar-refractivity contribution in [1.82, 2.24) is 0 Å². The molecule has 1 aromatic carbocycles. The third-order valence-electron chi connectivity index (χ3n) is 2.05. The molecule has 0 aliphatic carbocycles. The molecular formula is C11H12BrF2NO3. The van der Waals surface area contributed by atoms with E-state index in [0.717, 1.165) is 0 Å². The van der Waals surface area contributed by atoms with E-state index in [0.29, 0.717) is 15.7 Å². The van der Waals surface area contributed by atoms with Crippen molar-refractivity contribution in [2.75, 3.05) is 12.3 Å². The molecule has 0 aliphatic heterocycles. The quantitative estimate of drug-likeness (QED) is 0.668. The Morgan fingerprint density at radius 2 is 2.17 bits per heavy atom. The Morgan fingerprint density at radius 1 is 1.50 bits per heavy atom. The third-order valence-corrected chi connectivity index (χ3v) is 2.67. The fourth-order valence-electron chi connectivity index (χ4n) is 1.32. The second kappa shape index (κ2) is 6.53. The van der Waals surface area contributed by atoms with Gasteiger partial charge in [-0.2, -0.15) is 8.78 Å². The first-order chi connectivity index (χ1) is 8.43. The molecule has 0 fully saturated rings. The standard InChI is InChI=1S/C11H12BrF2NO3/c1-2-17-10(16)4-6-3-9(18-11(13)14)7(12)5-8(6)15/h3,5,11H,2,4,15H2,1H3. The predicted molar refractivity (Wildman–Crippen MR) is 65.5 cm³/mol. The van der Waals surface area contributed by atoms with Crippen LogP contribution in [0.15, 0.2) is 16.6 Å². The Labute approximate surface area is 111 Å². The number of carbonyl (C=O) groups is 1. The highest BCUT2D eigenvalue weighted by Crippen LogP contribution is 2.31. The van der Waals surface area contributed by atoms with Crippen LogP contribution in [0.3, 0.4) is 0 Å². The Hall–Kier alpha value is -1.37. The van der Waals surface area contributed by atoms with E-state index >= 15 is 0 Å². The van der Waals surface area contributed by atoms with Gasteiger partial charge in [0.05, 0.1) is 17.5 Å². The lowest BCUT2D eigenvalue weighted by molar-refractivity contribution is -0.142. The number of nitrogen functional groups attached to an aromatic ring is 1. The van der Waals surface area contributed by atoms with Crippen molar-refractivity contribution in [3.63, 3.8) is 0 Å². The predicted octanol–water partition coefficient (Wildman–Crippen LogP) is 2.74. The van der Waals surface area contributed by atoms with Crippen molar-refractivity contribution in [2.24, 2.45) is 0 Å². The molecule has 4 nitrogen and oxygen atoms in total. The van der Waals surface area contributed by atoms with Crippen LogP contribution in [0.4, 0.5) is 14.5 Å². The van der Waals surface area contributed by atoms with Crippen molar-refractivity contribution in [3.8, 4) is 5.75 Å². The van der Waals surface area contributed by atoms with E-state index in [4.69, 9.17) is 10.5 Å². The lowest BCUT2D eigenvalue weighted by Gasteiger charge is -2.11. The number of anilines is 1. The number of nitrogens with two attached hydrogens (primary N) is 1. The first kappa shape index (κ1) is 14.7. The first-order valence-corrected chi connectivity index (χ1v) is 5.91. The highest BCUT2D eigenvalue weighted by molar-refractivity contribution is 9.10. The van der Waals surface area contributed by atoms with Gasteiger partial charge < -0.3 is 15.2 Å². The number of halogens is 3. The number of hydrogen-bond acceptors (Lipinski definition) is 4. The van der Waals surface area contributed by atoms with Crippen LogP contribution < -0.4 is 10.5 Å². The van der Waals surface area contributed by atoms with Crippen molar-refractivity contribution in [2.45, 2.75) is 20.0 Å². The molecule has 0 spiro atoms. The maximum atomic E-state index is 12.2. The highest BCUT2D eigenvalue weighted by atomic mass is 79.9. The molecule has 0 heterocycles. The van der Waals surface area contributed by atoms with Gasteiger partial charge in [0.2, 0.25) is 0 Å². The minimum atomic E-state index is -2.94. The summed E-state index contributed by atoms with van der Waals surface area (Å²) in [4.78, 5) is 11.3. The minimum Gasteiger partial charge on any atom is -0.466 e. The molecule has 100 valence electrons. The van der Waals surface area contributed by atoms with Crippen LogP contribution in [0.5, 0.6) is 5.75 Å². The van der Waals surface area contributed by atoms with Gasteiger partial charge in [0.1, 0.15) is 5.75 Å². The molecule has 1 rings (SSSR count). The zero-order valence-corrected chi connectivity index (χ0v) is 11.2. The molecule has 1 aromatic rings. The number of hydrogen-bond donors (Lipinski definition) is 1. The van der Waals surface area contributed by atoms with Crippen molar-refractivity contribution in [3.05, 3.63) is 22.2 Å². The summed E-state index contributed by atoms with van der Waals surface area (Å²) >= 11 is 3.05. The fourth-order valence-corrected chi connectivity index (χ4v) is 1.77. The van der Waals surface area contributed by atoms with Gasteiger partial charge in [0.25, 0.3) is 0 Å². The molecule has 0 aromatic heterocycles. The summed E-state index contributed by atoms with van der Waals surface area (Å²) in [6, 6.07) is 2.70. The van der Waals surface area contributed by atoms with E-state index in [2.05, 4.69) is 20.7 Å². The summed E-state index contributed by atoms with van der Waals surface area (Å²) in [5, 5.41) is 0. The molecule has 0 atom stereocenters. The first-order valence-electron chi connectivity index (χ1n) is 5.12. The smallest absolute Gasteiger partial charge is 0.387 e. The van der Waals surface area contributed by atoms with Crippen LogP contribution in [0.2, 0.25) is 0 Å². The molecule has 0 bridgehead atoms. The van der Waals surface area contributed by atoms with Crippen molar-refractivity contribution in [1.29, 1.82) is 0 Å². The van der Waals surface area contributed by atoms with Crippen molar-refractivity contribution < 1.29 is 23.0 Å². The molecule has 7 heteroatoms. The molecular weight excluding hydrogens is 312 g/mol. The maximum absolute atomic E-state index is 12.2. The Bertz CT molecular complexity index is 441. The van der Waals surface area contributed by atoms with E-state index < -0.39 is 12.6 Å². The summed E-state index contributed by atoms with van der Waals surface area (Å²) < 4.78 is 33.7. The van der Waals surface area contributed by atoms with Gasteiger partial charge in [-0.1, -0.05) is 0 Å². The second-order valence-corrected chi connectivity index (χ2v) is 4.20. The zero-order valence-electron chi connectivity index (χ0n) is 9.58. The maximum Gasteiger partial charge on any atom is 0.387 e. The van der Waals surface area contributed by atoms with Crippen LogP contribution in [0.1, 0.15) is 12.5 Å². The molecule has 0 radical (unpaired) electrons. The molecule has 0 aliphatic rings. The summed E-state index contributed by atoms with van der Waals surface area (Å²) in [6.45, 7) is -1.02. The number of benzene rings is 1. The van der Waals surface area contributed by atoms with Crippen LogP contribution in [-0.4, -0.2) is 19.2 Å². The van der Waals surface area contributed by atoms with E-state index in [-0.39, 0.29) is 18.8 Å². The molecule has 2 N–H and O–H groups in total. The number of alkyl halides is 2. The molecule has 0 amide bonds. The fraction of sp³-hybridized carbons (Fsp3) is 0.364. The lowest BCUT2D eigenvalue weighted by Crippen LogP contribution is -2.10. The van der Waals surface area contributed by atoms with Crippen LogP contribution in [0, 0.1) is 0 Å². The average molecular weight is 324 g/mol. The van der Waals surface area contributed by atoms with Crippen LogP contribution in [-0.2, 0) is 16.0 Å². The molecule has 0 unspecified atom stereocenters. The van der Waals surface area contributed by atoms with E-state index in [9.17, 15) is 13.6 Å². The number of carbonyl (C=O) groups excluding carboxylic acids is 1. The summed E-state index contributed by atoms with van der Waals surface area (Å²) in [5.74, 6) is -0.548. The van der Waals surface area contributed by atoms with Gasteiger partial charge in [-0.3, -0.25) is 4.79 Å². The summed E-state index contributed by atoms with van der Waals surface area (Å²) in [7, 11) is 0. The number of esters is 1. The summed E-state index contributed by atoms with van der Waals surface area (Å²) in [5.41, 5.74) is 6.37. The third kappa shape index (κ3) is 4.14. The highest BCUT2D eigenvalue weighted by Gasteiger charge is 2.14. The Kier molecular flexibility index (Phi) is 5.33. The Balaban J connectivity index is 2.94. The van der Waals surface area contributed by atoms with E-state index in [1.165, 1.54) is 12.1 Å². The van der Waals surface area contributed by atoms with Gasteiger partial charge in [0.15, 0.2) is 0 Å². The minimum absolute atomic E-state index is 0.0708. The van der Waals surface area contributed by atoms with Gasteiger partial charge in [-0.15, -0.1) is 0 Å². The van der Waals surface area contributed by atoms with Gasteiger partial charge >= 0.3 is 12.6 Å². The second-order valence-electron chi connectivity index (χ2n) is 3.34. The number of ether oxygens (including phenoxy) is 2. The average Bonchev–Trinajstić information content (AvgIpc) is 2.24. The number of rotatable bonds is 5. The molecule has 0 saturated carbocycles. The molecule has 18 heavy (non-hydrogen) atoms. The normalized spacial score (nSPS) is 10.5. The monoisotopic (exact) mass is 323 g/mol. The van der Waals surface area contributed by atoms with Crippen molar-refractivity contribution >= 4 is 27.6 Å². The zero-order chi connectivity index (χ0) is 13.7. The van der Waals surface area contributed by atoms with Gasteiger partial charge in [-0.05, 0) is 40.5 Å². The van der Waals surface area contributed by atoms with E-state index in [1.54, 1.807) is 6.92 Å². The lowest BCUT2D eigenvalue weighted by atomic mass is 10.1. The summed E-state index contributed by atoms with van der Waals surface area (Å²) in [6.07, 6.45) is -0.0907. The van der Waals surface area contributed by atoms with Crippen LogP contribution >= 0.6 is 15.9 Å². The van der Waals surface area contributed by atoms with E-state index in [1.807, 2.05) is 0 Å². The Morgan fingerprint density at radius 3 is 2.72 bits per heavy atom.